The minimum Gasteiger partial charge on any atom is -0.497 e. The highest BCUT2D eigenvalue weighted by Crippen LogP contribution is 2.36. The van der Waals surface area contributed by atoms with Crippen LogP contribution in [-0.2, 0) is 16.1 Å². The van der Waals surface area contributed by atoms with E-state index >= 15 is 0 Å². The number of carbonyl (C=O) groups excluding carboxylic acids is 2. The minimum atomic E-state index is -0.434. The maximum Gasteiger partial charge on any atom is 0.278 e. The molecule has 8 heteroatoms. The molecule has 33 heavy (non-hydrogen) atoms. The molecule has 4 rings (SSSR count). The lowest BCUT2D eigenvalue weighted by Crippen LogP contribution is -2.32. The summed E-state index contributed by atoms with van der Waals surface area (Å²) in [5.41, 5.74) is 2.31. The third-order valence-corrected chi connectivity index (χ3v) is 5.24. The topological polar surface area (TPSA) is 90.0 Å². The second-order valence-electron chi connectivity index (χ2n) is 7.23. The van der Waals surface area contributed by atoms with Crippen molar-refractivity contribution < 1.29 is 23.8 Å². The van der Waals surface area contributed by atoms with Crippen LogP contribution < -0.4 is 19.5 Å². The summed E-state index contributed by atoms with van der Waals surface area (Å²) in [7, 11) is 4.61. The van der Waals surface area contributed by atoms with E-state index in [1.807, 2.05) is 6.07 Å². The van der Waals surface area contributed by atoms with E-state index in [4.69, 9.17) is 14.2 Å². The molecule has 2 amide bonds. The lowest BCUT2D eigenvalue weighted by atomic mass is 10.0. The Morgan fingerprint density at radius 1 is 0.879 bits per heavy atom. The van der Waals surface area contributed by atoms with Gasteiger partial charge in [0.05, 0.1) is 33.4 Å². The average molecular weight is 445 g/mol. The summed E-state index contributed by atoms with van der Waals surface area (Å²) >= 11 is 0. The first kappa shape index (κ1) is 21.9. The van der Waals surface area contributed by atoms with Gasteiger partial charge in [-0.05, 0) is 41.5 Å². The summed E-state index contributed by atoms with van der Waals surface area (Å²) in [6.07, 6.45) is 3.27. The maximum atomic E-state index is 13.5. The summed E-state index contributed by atoms with van der Waals surface area (Å²) in [6, 6.07) is 15.8. The molecule has 0 aliphatic carbocycles. The van der Waals surface area contributed by atoms with Crippen LogP contribution in [0.1, 0.15) is 11.1 Å². The van der Waals surface area contributed by atoms with Gasteiger partial charge in [0.25, 0.3) is 11.8 Å². The molecule has 0 bridgehead atoms. The maximum absolute atomic E-state index is 13.5. The van der Waals surface area contributed by atoms with Gasteiger partial charge < -0.3 is 19.5 Å². The Balaban J connectivity index is 1.78. The summed E-state index contributed by atoms with van der Waals surface area (Å²) in [4.78, 5) is 32.2. The molecule has 8 nitrogen and oxygen atoms in total. The largest absolute Gasteiger partial charge is 0.497 e. The van der Waals surface area contributed by atoms with E-state index in [1.54, 1.807) is 68.0 Å². The Morgan fingerprint density at radius 2 is 1.70 bits per heavy atom. The highest BCUT2D eigenvalue weighted by molar-refractivity contribution is 6.36. The van der Waals surface area contributed by atoms with Gasteiger partial charge in [0.1, 0.15) is 11.4 Å². The molecular formula is C25H23N3O5. The van der Waals surface area contributed by atoms with E-state index in [2.05, 4.69) is 10.3 Å². The zero-order valence-electron chi connectivity index (χ0n) is 18.5. The predicted octanol–water partition coefficient (Wildman–Crippen LogP) is 3.50. The molecular weight excluding hydrogens is 422 g/mol. The zero-order chi connectivity index (χ0) is 23.4. The minimum absolute atomic E-state index is 0.103. The van der Waals surface area contributed by atoms with E-state index in [9.17, 15) is 9.59 Å². The van der Waals surface area contributed by atoms with Crippen molar-refractivity contribution in [3.05, 3.63) is 83.8 Å². The first-order valence-corrected chi connectivity index (χ1v) is 10.2. The molecule has 2 heterocycles. The van der Waals surface area contributed by atoms with Crippen molar-refractivity contribution in [2.24, 2.45) is 0 Å². The molecule has 1 aromatic heterocycles. The number of benzene rings is 2. The summed E-state index contributed by atoms with van der Waals surface area (Å²) in [5, 5.41) is 3.13. The van der Waals surface area contributed by atoms with E-state index in [0.29, 0.717) is 28.5 Å². The Kier molecular flexibility index (Phi) is 6.26. The molecule has 0 atom stereocenters. The number of hydrogen-bond donors (Lipinski definition) is 1. The lowest BCUT2D eigenvalue weighted by molar-refractivity contribution is -0.137. The van der Waals surface area contributed by atoms with Crippen LogP contribution in [0.3, 0.4) is 0 Å². The number of methoxy groups -OCH3 is 3. The van der Waals surface area contributed by atoms with Gasteiger partial charge in [-0.2, -0.15) is 0 Å². The fraction of sp³-hybridized carbons (Fsp3) is 0.160. The van der Waals surface area contributed by atoms with Crippen molar-refractivity contribution in [2.75, 3.05) is 26.6 Å². The number of carbonyl (C=O) groups is 2. The van der Waals surface area contributed by atoms with E-state index in [1.165, 1.54) is 19.1 Å². The van der Waals surface area contributed by atoms with Crippen LogP contribution in [0.5, 0.6) is 17.2 Å². The van der Waals surface area contributed by atoms with Gasteiger partial charge >= 0.3 is 0 Å². The third kappa shape index (κ3) is 4.36. The van der Waals surface area contributed by atoms with Crippen LogP contribution in [0.4, 0.5) is 5.69 Å². The number of anilines is 1. The van der Waals surface area contributed by atoms with E-state index in [-0.39, 0.29) is 17.8 Å². The smallest absolute Gasteiger partial charge is 0.278 e. The van der Waals surface area contributed by atoms with Gasteiger partial charge in [0.2, 0.25) is 0 Å². The van der Waals surface area contributed by atoms with Crippen LogP contribution in [-0.4, -0.2) is 43.0 Å². The number of imide groups is 1. The number of aromatic nitrogens is 1. The number of pyridine rings is 1. The van der Waals surface area contributed by atoms with Crippen LogP contribution >= 0.6 is 0 Å². The molecule has 0 unspecified atom stereocenters. The van der Waals surface area contributed by atoms with Gasteiger partial charge in [0.15, 0.2) is 11.5 Å². The van der Waals surface area contributed by atoms with Crippen molar-refractivity contribution in [3.63, 3.8) is 0 Å². The predicted molar refractivity (Wildman–Crippen MR) is 123 cm³/mol. The quantitative estimate of drug-likeness (QED) is 0.531. The number of amides is 2. The normalized spacial score (nSPS) is 13.4. The van der Waals surface area contributed by atoms with Gasteiger partial charge in [-0.1, -0.05) is 18.2 Å². The highest BCUT2D eigenvalue weighted by Gasteiger charge is 2.39. The fourth-order valence-corrected chi connectivity index (χ4v) is 3.61. The molecule has 0 saturated carbocycles. The number of hydrogen-bond acceptors (Lipinski definition) is 7. The molecule has 0 fully saturated rings. The van der Waals surface area contributed by atoms with Gasteiger partial charge in [0, 0.05) is 24.1 Å². The molecule has 1 aliphatic rings. The molecule has 0 spiro atoms. The lowest BCUT2D eigenvalue weighted by Gasteiger charge is -2.15. The van der Waals surface area contributed by atoms with Crippen molar-refractivity contribution in [1.29, 1.82) is 0 Å². The summed E-state index contributed by atoms with van der Waals surface area (Å²) in [6.45, 7) is 0.103. The number of rotatable bonds is 8. The standard InChI is InChI=1S/C25H23N3O5/c1-31-19-8-4-7-18(13-19)27-23-22(17-9-10-20(32-2)21(12-17)33-3)24(29)28(25(23)30)15-16-6-5-11-26-14-16/h4-14,27H,15H2,1-3H3. The molecule has 1 aliphatic heterocycles. The van der Waals surface area contributed by atoms with Crippen LogP contribution in [0, 0.1) is 0 Å². The molecule has 0 radical (unpaired) electrons. The third-order valence-electron chi connectivity index (χ3n) is 5.24. The first-order chi connectivity index (χ1) is 16.0. The second-order valence-corrected chi connectivity index (χ2v) is 7.23. The fourth-order valence-electron chi connectivity index (χ4n) is 3.61. The second kappa shape index (κ2) is 9.44. The van der Waals surface area contributed by atoms with Crippen molar-refractivity contribution >= 4 is 23.1 Å². The van der Waals surface area contributed by atoms with Crippen molar-refractivity contribution in [1.82, 2.24) is 9.88 Å². The Labute approximate surface area is 191 Å². The molecule has 2 aromatic carbocycles. The first-order valence-electron chi connectivity index (χ1n) is 10.2. The average Bonchev–Trinajstić information content (AvgIpc) is 3.08. The molecule has 1 N–H and O–H groups in total. The Hall–Kier alpha value is -4.33. The molecule has 3 aromatic rings. The van der Waals surface area contributed by atoms with Gasteiger partial charge in [-0.25, -0.2) is 0 Å². The number of ether oxygens (including phenoxy) is 3. The van der Waals surface area contributed by atoms with Gasteiger partial charge in [-0.15, -0.1) is 0 Å². The van der Waals surface area contributed by atoms with Crippen molar-refractivity contribution in [3.8, 4) is 17.2 Å². The van der Waals surface area contributed by atoms with Crippen molar-refractivity contribution in [2.45, 2.75) is 6.54 Å². The van der Waals surface area contributed by atoms with Crippen LogP contribution in [0.25, 0.3) is 5.57 Å². The van der Waals surface area contributed by atoms with E-state index in [0.717, 1.165) is 5.56 Å². The van der Waals surface area contributed by atoms with E-state index < -0.39 is 11.8 Å². The summed E-state index contributed by atoms with van der Waals surface area (Å²) in [5.74, 6) is 0.748. The van der Waals surface area contributed by atoms with Crippen LogP contribution in [0.2, 0.25) is 0 Å². The monoisotopic (exact) mass is 445 g/mol. The van der Waals surface area contributed by atoms with Gasteiger partial charge in [-0.3, -0.25) is 19.5 Å². The molecule has 0 saturated heterocycles. The molecule has 168 valence electrons. The number of nitrogens with zero attached hydrogens (tertiary/aromatic N) is 2. The Morgan fingerprint density at radius 3 is 2.39 bits per heavy atom. The summed E-state index contributed by atoms with van der Waals surface area (Å²) < 4.78 is 16.0. The number of nitrogens with one attached hydrogen (secondary N) is 1. The highest BCUT2D eigenvalue weighted by atomic mass is 16.5. The Bertz CT molecular complexity index is 1220. The zero-order valence-corrected chi connectivity index (χ0v) is 18.5. The SMILES string of the molecule is COc1cccc(NC2=C(c3ccc(OC)c(OC)c3)C(=O)N(Cc3cccnc3)C2=O)c1. The van der Waals surface area contributed by atoms with Crippen LogP contribution in [0.15, 0.2) is 72.7 Å².